The molecule has 0 aliphatic rings. The van der Waals surface area contributed by atoms with Crippen molar-refractivity contribution in [1.82, 2.24) is 5.48 Å². The number of halogens is 2. The van der Waals surface area contributed by atoms with E-state index in [1.54, 1.807) is 0 Å². The minimum absolute atomic E-state index is 0. The zero-order chi connectivity index (χ0) is 8.65. The summed E-state index contributed by atoms with van der Waals surface area (Å²) in [6, 6.07) is 10.1. The van der Waals surface area contributed by atoms with Crippen LogP contribution < -0.4 is 11.2 Å². The van der Waals surface area contributed by atoms with Crippen molar-refractivity contribution < 1.29 is 4.84 Å². The Hall–Kier alpha value is -0.320. The van der Waals surface area contributed by atoms with Crippen LogP contribution in [-0.4, -0.2) is 13.2 Å². The Balaban J connectivity index is 0. The molecule has 1 aromatic rings. The van der Waals surface area contributed by atoms with Crippen LogP contribution in [0, 0.1) is 0 Å². The lowest BCUT2D eigenvalue weighted by molar-refractivity contribution is 0.0422. The number of rotatable bonds is 5. The standard InChI is InChI=1S/C9H14N2O.2ClH/c10-6-7-12-11-8-9-4-2-1-3-5-9;;/h1-5,11H,6-8,10H2;2*1H. The Kier molecular flexibility index (Phi) is 12.4. The molecule has 0 saturated heterocycles. The Morgan fingerprint density at radius 2 is 1.79 bits per heavy atom. The van der Waals surface area contributed by atoms with E-state index in [-0.39, 0.29) is 24.8 Å². The molecule has 1 aromatic carbocycles. The van der Waals surface area contributed by atoms with Gasteiger partial charge in [-0.05, 0) is 5.56 Å². The molecule has 0 heterocycles. The number of nitrogens with two attached hydrogens (primary N) is 1. The number of benzene rings is 1. The van der Waals surface area contributed by atoms with Crippen LogP contribution in [-0.2, 0) is 11.4 Å². The fourth-order valence-electron chi connectivity index (χ4n) is 0.861. The lowest BCUT2D eigenvalue weighted by Gasteiger charge is -2.03. The van der Waals surface area contributed by atoms with E-state index >= 15 is 0 Å². The molecule has 82 valence electrons. The molecule has 0 aromatic heterocycles. The molecule has 0 atom stereocenters. The Morgan fingerprint density at radius 3 is 2.36 bits per heavy atom. The third kappa shape index (κ3) is 7.12. The molecule has 3 nitrogen and oxygen atoms in total. The van der Waals surface area contributed by atoms with Crippen molar-refractivity contribution in [3.05, 3.63) is 35.9 Å². The van der Waals surface area contributed by atoms with E-state index in [1.165, 1.54) is 5.56 Å². The van der Waals surface area contributed by atoms with Gasteiger partial charge in [0.05, 0.1) is 6.61 Å². The van der Waals surface area contributed by atoms with Crippen molar-refractivity contribution in [1.29, 1.82) is 0 Å². The molecule has 0 spiro atoms. The Labute approximate surface area is 96.8 Å². The molecule has 1 rings (SSSR count). The Morgan fingerprint density at radius 1 is 1.14 bits per heavy atom. The van der Waals surface area contributed by atoms with Gasteiger partial charge in [-0.25, -0.2) is 0 Å². The van der Waals surface area contributed by atoms with Gasteiger partial charge in [-0.3, -0.25) is 0 Å². The molecule has 0 unspecified atom stereocenters. The molecular weight excluding hydrogens is 223 g/mol. The quantitative estimate of drug-likeness (QED) is 0.604. The number of hydroxylamine groups is 1. The highest BCUT2D eigenvalue weighted by Crippen LogP contribution is 1.96. The molecule has 0 bridgehead atoms. The molecule has 5 heteroatoms. The predicted octanol–water partition coefficient (Wildman–Crippen LogP) is 1.51. The van der Waals surface area contributed by atoms with E-state index < -0.39 is 0 Å². The topological polar surface area (TPSA) is 47.3 Å². The third-order valence-electron chi connectivity index (χ3n) is 1.44. The molecule has 3 N–H and O–H groups in total. The largest absolute Gasteiger partial charge is 0.328 e. The molecule has 0 radical (unpaired) electrons. The second kappa shape index (κ2) is 10.8. The summed E-state index contributed by atoms with van der Waals surface area (Å²) in [6.07, 6.45) is 0. The summed E-state index contributed by atoms with van der Waals surface area (Å²) >= 11 is 0. The third-order valence-corrected chi connectivity index (χ3v) is 1.44. The highest BCUT2D eigenvalue weighted by molar-refractivity contribution is 5.85. The second-order valence-corrected chi connectivity index (χ2v) is 2.44. The van der Waals surface area contributed by atoms with E-state index in [0.29, 0.717) is 13.2 Å². The van der Waals surface area contributed by atoms with Crippen LogP contribution in [0.25, 0.3) is 0 Å². The summed E-state index contributed by atoms with van der Waals surface area (Å²) < 4.78 is 0. The van der Waals surface area contributed by atoms with Gasteiger partial charge < -0.3 is 10.6 Å². The maximum absolute atomic E-state index is 5.24. The highest BCUT2D eigenvalue weighted by atomic mass is 35.5. The fraction of sp³-hybridized carbons (Fsp3) is 0.333. The second-order valence-electron chi connectivity index (χ2n) is 2.44. The average Bonchev–Trinajstić information content (AvgIpc) is 2.14. The number of hydrogen-bond acceptors (Lipinski definition) is 3. The summed E-state index contributed by atoms with van der Waals surface area (Å²) in [6.45, 7) is 1.81. The first-order valence-corrected chi connectivity index (χ1v) is 4.02. The van der Waals surface area contributed by atoms with Gasteiger partial charge in [0.1, 0.15) is 0 Å². The van der Waals surface area contributed by atoms with Crippen molar-refractivity contribution in [2.45, 2.75) is 6.54 Å². The van der Waals surface area contributed by atoms with Gasteiger partial charge in [-0.15, -0.1) is 24.8 Å². The van der Waals surface area contributed by atoms with Crippen LogP contribution in [0.5, 0.6) is 0 Å². The number of hydrogen-bond donors (Lipinski definition) is 2. The van der Waals surface area contributed by atoms with Gasteiger partial charge in [0.2, 0.25) is 0 Å². The van der Waals surface area contributed by atoms with Crippen molar-refractivity contribution >= 4 is 24.8 Å². The van der Waals surface area contributed by atoms with Crippen molar-refractivity contribution in [2.75, 3.05) is 13.2 Å². The smallest absolute Gasteiger partial charge is 0.0804 e. The van der Waals surface area contributed by atoms with Crippen molar-refractivity contribution in [3.8, 4) is 0 Å². The lowest BCUT2D eigenvalue weighted by atomic mass is 10.2. The van der Waals surface area contributed by atoms with Crippen LogP contribution in [0.4, 0.5) is 0 Å². The summed E-state index contributed by atoms with van der Waals surface area (Å²) in [4.78, 5) is 5.01. The zero-order valence-corrected chi connectivity index (χ0v) is 9.44. The molecule has 14 heavy (non-hydrogen) atoms. The molecule has 0 aliphatic carbocycles. The highest BCUT2D eigenvalue weighted by Gasteiger charge is 1.88. The van der Waals surface area contributed by atoms with Gasteiger partial charge in [0.15, 0.2) is 0 Å². The van der Waals surface area contributed by atoms with Gasteiger partial charge >= 0.3 is 0 Å². The monoisotopic (exact) mass is 238 g/mol. The van der Waals surface area contributed by atoms with Crippen LogP contribution in [0.3, 0.4) is 0 Å². The predicted molar refractivity (Wildman–Crippen MR) is 62.8 cm³/mol. The van der Waals surface area contributed by atoms with Gasteiger partial charge in [0.25, 0.3) is 0 Å². The van der Waals surface area contributed by atoms with Crippen LogP contribution in [0.1, 0.15) is 5.56 Å². The molecular formula is C9H16Cl2N2O. The fourth-order valence-corrected chi connectivity index (χ4v) is 0.861. The van der Waals surface area contributed by atoms with E-state index in [1.807, 2.05) is 30.3 Å². The Bertz CT molecular complexity index is 209. The SMILES string of the molecule is Cl.Cl.NCCONCc1ccccc1. The van der Waals surface area contributed by atoms with E-state index in [4.69, 9.17) is 10.6 Å². The minimum atomic E-state index is 0. The van der Waals surface area contributed by atoms with E-state index in [9.17, 15) is 0 Å². The molecule has 0 fully saturated rings. The summed E-state index contributed by atoms with van der Waals surface area (Å²) in [5.74, 6) is 0. The first-order valence-electron chi connectivity index (χ1n) is 4.02. The molecule has 0 aliphatic heterocycles. The van der Waals surface area contributed by atoms with E-state index in [2.05, 4.69) is 5.48 Å². The van der Waals surface area contributed by atoms with Gasteiger partial charge in [0, 0.05) is 13.1 Å². The zero-order valence-electron chi connectivity index (χ0n) is 7.81. The lowest BCUT2D eigenvalue weighted by Crippen LogP contribution is -2.19. The van der Waals surface area contributed by atoms with Crippen LogP contribution in [0.15, 0.2) is 30.3 Å². The maximum Gasteiger partial charge on any atom is 0.0804 e. The van der Waals surface area contributed by atoms with Crippen LogP contribution in [0.2, 0.25) is 0 Å². The van der Waals surface area contributed by atoms with Gasteiger partial charge in [-0.2, -0.15) is 5.48 Å². The van der Waals surface area contributed by atoms with Crippen molar-refractivity contribution in [3.63, 3.8) is 0 Å². The summed E-state index contributed by atoms with van der Waals surface area (Å²) in [5, 5.41) is 0. The average molecular weight is 239 g/mol. The van der Waals surface area contributed by atoms with Crippen molar-refractivity contribution in [2.24, 2.45) is 5.73 Å². The maximum atomic E-state index is 5.24. The minimum Gasteiger partial charge on any atom is -0.328 e. The van der Waals surface area contributed by atoms with Gasteiger partial charge in [-0.1, -0.05) is 30.3 Å². The molecule has 0 amide bonds. The first kappa shape index (κ1) is 16.1. The summed E-state index contributed by atoms with van der Waals surface area (Å²) in [5.41, 5.74) is 9.27. The molecule has 0 saturated carbocycles. The summed E-state index contributed by atoms with van der Waals surface area (Å²) in [7, 11) is 0. The number of nitrogens with one attached hydrogen (secondary N) is 1. The van der Waals surface area contributed by atoms with Crippen LogP contribution >= 0.6 is 24.8 Å². The van der Waals surface area contributed by atoms with E-state index in [0.717, 1.165) is 6.54 Å². The first-order chi connectivity index (χ1) is 5.93. The normalized spacial score (nSPS) is 8.64.